The summed E-state index contributed by atoms with van der Waals surface area (Å²) in [4.78, 5) is 13.4. The molecule has 162 valence electrons. The quantitative estimate of drug-likeness (QED) is 0.515. The van der Waals surface area contributed by atoms with Crippen molar-refractivity contribution in [2.45, 2.75) is 6.61 Å². The fourth-order valence-electron chi connectivity index (χ4n) is 3.17. The Bertz CT molecular complexity index is 1060. The molecule has 7 heteroatoms. The number of methoxy groups -OCH3 is 4. The van der Waals surface area contributed by atoms with Gasteiger partial charge in [-0.25, -0.2) is 0 Å². The average molecular weight is 424 g/mol. The van der Waals surface area contributed by atoms with Gasteiger partial charge in [-0.05, 0) is 29.8 Å². The molecular formula is C24H24O7. The van der Waals surface area contributed by atoms with Crippen molar-refractivity contribution in [3.8, 4) is 34.5 Å². The number of aromatic hydroxyl groups is 1. The summed E-state index contributed by atoms with van der Waals surface area (Å²) >= 11 is 0. The van der Waals surface area contributed by atoms with Crippen molar-refractivity contribution in [2.75, 3.05) is 28.4 Å². The highest BCUT2D eigenvalue weighted by Gasteiger charge is 2.27. The SMILES string of the molecule is COc1cc(C(=O)c2cc(OCc3ccccc3)ccc2O)c(OC)c(OC)c1OC. The maximum atomic E-state index is 13.4. The molecule has 0 aromatic heterocycles. The number of hydrogen-bond acceptors (Lipinski definition) is 7. The molecule has 0 spiro atoms. The standard InChI is InChI=1S/C24H24O7/c1-27-20-13-18(22(28-2)24(30-4)23(20)29-3)21(26)17-12-16(10-11-19(17)25)31-14-15-8-6-5-7-9-15/h5-13,25H,14H2,1-4H3. The maximum Gasteiger partial charge on any atom is 0.208 e. The number of hydrogen-bond donors (Lipinski definition) is 1. The molecule has 0 aliphatic heterocycles. The fraction of sp³-hybridized carbons (Fsp3) is 0.208. The summed E-state index contributed by atoms with van der Waals surface area (Å²) in [5.74, 6) is 0.730. The first-order valence-electron chi connectivity index (χ1n) is 9.45. The molecule has 0 saturated carbocycles. The van der Waals surface area contributed by atoms with E-state index in [1.165, 1.54) is 46.6 Å². The van der Waals surface area contributed by atoms with Gasteiger partial charge in [0.2, 0.25) is 17.3 Å². The van der Waals surface area contributed by atoms with Gasteiger partial charge in [0.05, 0.1) is 39.6 Å². The fourth-order valence-corrected chi connectivity index (χ4v) is 3.17. The predicted molar refractivity (Wildman–Crippen MR) is 115 cm³/mol. The number of rotatable bonds is 9. The highest BCUT2D eigenvalue weighted by Crippen LogP contribution is 2.47. The first-order valence-corrected chi connectivity index (χ1v) is 9.45. The summed E-state index contributed by atoms with van der Waals surface area (Å²) in [5.41, 5.74) is 1.18. The Morgan fingerprint density at radius 3 is 2.06 bits per heavy atom. The normalized spacial score (nSPS) is 10.3. The molecule has 7 nitrogen and oxygen atoms in total. The van der Waals surface area contributed by atoms with Crippen molar-refractivity contribution >= 4 is 5.78 Å². The molecule has 3 rings (SSSR count). The molecule has 0 radical (unpaired) electrons. The highest BCUT2D eigenvalue weighted by molar-refractivity contribution is 6.13. The van der Waals surface area contributed by atoms with Crippen LogP contribution in [0.2, 0.25) is 0 Å². The Morgan fingerprint density at radius 2 is 1.45 bits per heavy atom. The molecule has 0 aliphatic rings. The van der Waals surface area contributed by atoms with Crippen molar-refractivity contribution in [1.82, 2.24) is 0 Å². The van der Waals surface area contributed by atoms with E-state index in [-0.39, 0.29) is 28.4 Å². The first-order chi connectivity index (χ1) is 15.0. The second-order valence-corrected chi connectivity index (χ2v) is 6.51. The molecule has 3 aromatic carbocycles. The van der Waals surface area contributed by atoms with Gasteiger partial charge in [0.15, 0.2) is 11.5 Å². The summed E-state index contributed by atoms with van der Waals surface area (Å²) in [7, 11) is 5.76. The van der Waals surface area contributed by atoms with Crippen molar-refractivity contribution in [2.24, 2.45) is 0 Å². The third-order valence-corrected chi connectivity index (χ3v) is 4.69. The van der Waals surface area contributed by atoms with Crippen LogP contribution in [0.25, 0.3) is 0 Å². The van der Waals surface area contributed by atoms with Crippen LogP contribution in [0.5, 0.6) is 34.5 Å². The highest BCUT2D eigenvalue weighted by atomic mass is 16.5. The van der Waals surface area contributed by atoms with Gasteiger partial charge >= 0.3 is 0 Å². The zero-order valence-electron chi connectivity index (χ0n) is 17.8. The van der Waals surface area contributed by atoms with E-state index in [9.17, 15) is 9.90 Å². The molecule has 0 heterocycles. The van der Waals surface area contributed by atoms with Crippen molar-refractivity contribution in [3.05, 3.63) is 71.3 Å². The molecule has 0 bridgehead atoms. The van der Waals surface area contributed by atoms with E-state index in [1.54, 1.807) is 6.07 Å². The van der Waals surface area contributed by atoms with Crippen LogP contribution in [0.1, 0.15) is 21.5 Å². The van der Waals surface area contributed by atoms with Crippen LogP contribution in [0.3, 0.4) is 0 Å². The minimum Gasteiger partial charge on any atom is -0.507 e. The topological polar surface area (TPSA) is 83.5 Å². The number of benzene rings is 3. The van der Waals surface area contributed by atoms with E-state index < -0.39 is 5.78 Å². The molecular weight excluding hydrogens is 400 g/mol. The molecule has 0 amide bonds. The van der Waals surface area contributed by atoms with Crippen LogP contribution in [-0.2, 0) is 6.61 Å². The van der Waals surface area contributed by atoms with E-state index in [4.69, 9.17) is 23.7 Å². The van der Waals surface area contributed by atoms with E-state index in [1.807, 2.05) is 30.3 Å². The lowest BCUT2D eigenvalue weighted by Gasteiger charge is -2.18. The largest absolute Gasteiger partial charge is 0.507 e. The lowest BCUT2D eigenvalue weighted by atomic mass is 10.00. The van der Waals surface area contributed by atoms with Crippen molar-refractivity contribution < 1.29 is 33.6 Å². The molecule has 1 N–H and O–H groups in total. The van der Waals surface area contributed by atoms with E-state index in [2.05, 4.69) is 0 Å². The van der Waals surface area contributed by atoms with E-state index in [0.29, 0.717) is 23.9 Å². The Balaban J connectivity index is 2.00. The predicted octanol–water partition coefficient (Wildman–Crippen LogP) is 4.24. The Kier molecular flexibility index (Phi) is 6.87. The third kappa shape index (κ3) is 4.50. The summed E-state index contributed by atoms with van der Waals surface area (Å²) < 4.78 is 27.3. The van der Waals surface area contributed by atoms with Crippen LogP contribution in [0.15, 0.2) is 54.6 Å². The Morgan fingerprint density at radius 1 is 0.774 bits per heavy atom. The van der Waals surface area contributed by atoms with Crippen molar-refractivity contribution in [1.29, 1.82) is 0 Å². The molecule has 0 atom stereocenters. The van der Waals surface area contributed by atoms with Crippen LogP contribution in [-0.4, -0.2) is 39.3 Å². The summed E-state index contributed by atoms with van der Waals surface area (Å²) in [5, 5.41) is 10.4. The number of carbonyl (C=O) groups excluding carboxylic acids is 1. The average Bonchev–Trinajstić information content (AvgIpc) is 2.82. The number of phenols is 1. The van der Waals surface area contributed by atoms with Gasteiger partial charge in [-0.2, -0.15) is 0 Å². The number of ether oxygens (including phenoxy) is 5. The zero-order chi connectivity index (χ0) is 22.4. The van der Waals surface area contributed by atoms with Gasteiger partial charge in [-0.15, -0.1) is 0 Å². The number of phenolic OH excluding ortho intramolecular Hbond substituents is 1. The van der Waals surface area contributed by atoms with Gasteiger partial charge in [0, 0.05) is 0 Å². The van der Waals surface area contributed by atoms with Gasteiger partial charge < -0.3 is 28.8 Å². The molecule has 3 aromatic rings. The van der Waals surface area contributed by atoms with Crippen LogP contribution in [0, 0.1) is 0 Å². The van der Waals surface area contributed by atoms with E-state index in [0.717, 1.165) is 5.56 Å². The van der Waals surface area contributed by atoms with Crippen molar-refractivity contribution in [3.63, 3.8) is 0 Å². The van der Waals surface area contributed by atoms with Gasteiger partial charge in [0.1, 0.15) is 18.1 Å². The number of ketones is 1. The molecule has 0 saturated heterocycles. The van der Waals surface area contributed by atoms with Crippen LogP contribution < -0.4 is 23.7 Å². The monoisotopic (exact) mass is 424 g/mol. The summed E-state index contributed by atoms with van der Waals surface area (Å²) in [6.07, 6.45) is 0. The zero-order valence-corrected chi connectivity index (χ0v) is 17.8. The third-order valence-electron chi connectivity index (χ3n) is 4.69. The van der Waals surface area contributed by atoms with E-state index >= 15 is 0 Å². The minimum atomic E-state index is -0.487. The Labute approximate surface area is 180 Å². The summed E-state index contributed by atoms with van der Waals surface area (Å²) in [6, 6.07) is 15.6. The second kappa shape index (κ2) is 9.75. The second-order valence-electron chi connectivity index (χ2n) is 6.51. The van der Waals surface area contributed by atoms with Gasteiger partial charge in [-0.1, -0.05) is 30.3 Å². The van der Waals surface area contributed by atoms with Crippen LogP contribution >= 0.6 is 0 Å². The summed E-state index contributed by atoms with van der Waals surface area (Å²) in [6.45, 7) is 0.326. The molecule has 31 heavy (non-hydrogen) atoms. The van der Waals surface area contributed by atoms with Gasteiger partial charge in [-0.3, -0.25) is 4.79 Å². The Hall–Kier alpha value is -3.87. The minimum absolute atomic E-state index is 0.0538. The van der Waals surface area contributed by atoms with Gasteiger partial charge in [0.25, 0.3) is 0 Å². The number of carbonyl (C=O) groups is 1. The smallest absolute Gasteiger partial charge is 0.208 e. The first kappa shape index (κ1) is 21.8. The lowest BCUT2D eigenvalue weighted by molar-refractivity contribution is 0.103. The molecule has 0 unspecified atom stereocenters. The lowest BCUT2D eigenvalue weighted by Crippen LogP contribution is -2.08. The maximum absolute atomic E-state index is 13.4. The molecule has 0 fully saturated rings. The molecule has 0 aliphatic carbocycles. The van der Waals surface area contributed by atoms with Crippen LogP contribution in [0.4, 0.5) is 0 Å².